The Bertz CT molecular complexity index is 351. The number of rotatable bonds is 2. The summed E-state index contributed by atoms with van der Waals surface area (Å²) in [7, 11) is 0. The smallest absolute Gasteiger partial charge is 0.410 e. The van der Waals surface area contributed by atoms with Crippen molar-refractivity contribution in [3.8, 4) is 0 Å². The number of ether oxygens (including phenoxy) is 2. The minimum Gasteiger partial charge on any atom is -0.444 e. The SMILES string of the molecule is CC(C)(C)OC(=O)N1CCC(N[C@H]2CCOC[C@H]2F)CC1. The van der Waals surface area contributed by atoms with Crippen LogP contribution in [-0.2, 0) is 9.47 Å². The summed E-state index contributed by atoms with van der Waals surface area (Å²) in [5, 5.41) is 3.38. The van der Waals surface area contributed by atoms with Crippen LogP contribution < -0.4 is 5.32 Å². The molecule has 0 radical (unpaired) electrons. The second-order valence-electron chi connectivity index (χ2n) is 6.89. The summed E-state index contributed by atoms with van der Waals surface area (Å²) < 4.78 is 24.2. The summed E-state index contributed by atoms with van der Waals surface area (Å²) in [6.45, 7) is 7.73. The van der Waals surface area contributed by atoms with Gasteiger partial charge in [-0.15, -0.1) is 0 Å². The van der Waals surface area contributed by atoms with Crippen molar-refractivity contribution >= 4 is 6.09 Å². The molecule has 0 aromatic heterocycles. The van der Waals surface area contributed by atoms with E-state index in [9.17, 15) is 9.18 Å². The van der Waals surface area contributed by atoms with Crippen LogP contribution in [0.5, 0.6) is 0 Å². The maximum absolute atomic E-state index is 13.7. The Hall–Kier alpha value is -0.880. The number of piperidine rings is 1. The molecular weight excluding hydrogens is 275 g/mol. The van der Waals surface area contributed by atoms with Gasteiger partial charge in [-0.1, -0.05) is 0 Å². The van der Waals surface area contributed by atoms with Gasteiger partial charge in [-0.25, -0.2) is 9.18 Å². The van der Waals surface area contributed by atoms with Crippen LogP contribution >= 0.6 is 0 Å². The lowest BCUT2D eigenvalue weighted by Gasteiger charge is -2.37. The molecule has 2 rings (SSSR count). The number of alkyl halides is 1. The predicted octanol–water partition coefficient (Wildman–Crippen LogP) is 2.10. The lowest BCUT2D eigenvalue weighted by Crippen LogP contribution is -2.52. The molecule has 0 unspecified atom stereocenters. The molecule has 0 aliphatic carbocycles. The Morgan fingerprint density at radius 1 is 1.29 bits per heavy atom. The lowest BCUT2D eigenvalue weighted by molar-refractivity contribution is 0.00435. The predicted molar refractivity (Wildman–Crippen MR) is 78.1 cm³/mol. The average Bonchev–Trinajstić information content (AvgIpc) is 2.40. The van der Waals surface area contributed by atoms with Gasteiger partial charge in [0.1, 0.15) is 11.8 Å². The summed E-state index contributed by atoms with van der Waals surface area (Å²) in [5.74, 6) is 0. The first-order valence-electron chi connectivity index (χ1n) is 7.81. The van der Waals surface area contributed by atoms with E-state index in [0.29, 0.717) is 26.1 Å². The summed E-state index contributed by atoms with van der Waals surface area (Å²) in [5.41, 5.74) is -0.463. The van der Waals surface area contributed by atoms with E-state index in [4.69, 9.17) is 9.47 Å². The van der Waals surface area contributed by atoms with Crippen molar-refractivity contribution < 1.29 is 18.7 Å². The molecule has 2 fully saturated rings. The average molecular weight is 302 g/mol. The van der Waals surface area contributed by atoms with Gasteiger partial charge in [0, 0.05) is 31.8 Å². The largest absolute Gasteiger partial charge is 0.444 e. The molecule has 0 saturated carbocycles. The fraction of sp³-hybridized carbons (Fsp3) is 0.933. The Labute approximate surface area is 126 Å². The highest BCUT2D eigenvalue weighted by Crippen LogP contribution is 2.18. The number of likely N-dealkylation sites (tertiary alicyclic amines) is 1. The molecular formula is C15H27FN2O3. The molecule has 21 heavy (non-hydrogen) atoms. The van der Waals surface area contributed by atoms with E-state index >= 15 is 0 Å². The molecule has 6 heteroatoms. The van der Waals surface area contributed by atoms with E-state index in [1.807, 2.05) is 20.8 Å². The van der Waals surface area contributed by atoms with Crippen molar-refractivity contribution in [3.63, 3.8) is 0 Å². The lowest BCUT2D eigenvalue weighted by atomic mass is 10.0. The maximum Gasteiger partial charge on any atom is 0.410 e. The van der Waals surface area contributed by atoms with Gasteiger partial charge in [0.2, 0.25) is 0 Å². The zero-order valence-corrected chi connectivity index (χ0v) is 13.2. The van der Waals surface area contributed by atoms with E-state index in [0.717, 1.165) is 12.8 Å². The van der Waals surface area contributed by atoms with Gasteiger partial charge in [-0.05, 0) is 40.0 Å². The van der Waals surface area contributed by atoms with Gasteiger partial charge in [0.05, 0.1) is 6.61 Å². The molecule has 122 valence electrons. The summed E-state index contributed by atoms with van der Waals surface area (Å²) in [4.78, 5) is 13.7. The topological polar surface area (TPSA) is 50.8 Å². The maximum atomic E-state index is 13.7. The number of carbonyl (C=O) groups is 1. The van der Waals surface area contributed by atoms with Crippen LogP contribution in [0.15, 0.2) is 0 Å². The summed E-state index contributed by atoms with van der Waals surface area (Å²) >= 11 is 0. The normalized spacial score (nSPS) is 28.5. The molecule has 2 saturated heterocycles. The van der Waals surface area contributed by atoms with Crippen molar-refractivity contribution in [2.45, 2.75) is 63.9 Å². The van der Waals surface area contributed by atoms with Crippen molar-refractivity contribution in [1.29, 1.82) is 0 Å². The molecule has 2 atom stereocenters. The van der Waals surface area contributed by atoms with E-state index in [1.165, 1.54) is 0 Å². The minimum atomic E-state index is -0.928. The molecule has 0 bridgehead atoms. The second-order valence-corrected chi connectivity index (χ2v) is 6.89. The number of nitrogens with zero attached hydrogens (tertiary/aromatic N) is 1. The van der Waals surface area contributed by atoms with Crippen LogP contribution in [0, 0.1) is 0 Å². The van der Waals surface area contributed by atoms with Crippen LogP contribution in [0.25, 0.3) is 0 Å². The van der Waals surface area contributed by atoms with Crippen LogP contribution in [0.4, 0.5) is 9.18 Å². The second kappa shape index (κ2) is 6.92. The summed E-state index contributed by atoms with van der Waals surface area (Å²) in [6, 6.07) is 0.155. The zero-order valence-electron chi connectivity index (χ0n) is 13.2. The van der Waals surface area contributed by atoms with Crippen molar-refractivity contribution in [2.24, 2.45) is 0 Å². The molecule has 5 nitrogen and oxygen atoms in total. The molecule has 1 N–H and O–H groups in total. The van der Waals surface area contributed by atoms with E-state index in [2.05, 4.69) is 5.32 Å². The molecule has 0 spiro atoms. The van der Waals surface area contributed by atoms with Crippen molar-refractivity contribution in [1.82, 2.24) is 10.2 Å². The van der Waals surface area contributed by atoms with Crippen molar-refractivity contribution in [3.05, 3.63) is 0 Å². The van der Waals surface area contributed by atoms with Crippen LogP contribution in [0.2, 0.25) is 0 Å². The zero-order chi connectivity index (χ0) is 15.5. The first kappa shape index (κ1) is 16.5. The fourth-order valence-corrected chi connectivity index (χ4v) is 2.75. The van der Waals surface area contributed by atoms with Gasteiger partial charge in [0.25, 0.3) is 0 Å². The number of amides is 1. The number of hydrogen-bond acceptors (Lipinski definition) is 4. The quantitative estimate of drug-likeness (QED) is 0.849. The number of hydrogen-bond donors (Lipinski definition) is 1. The van der Waals surface area contributed by atoms with Crippen molar-refractivity contribution in [2.75, 3.05) is 26.3 Å². The Balaban J connectivity index is 1.74. The highest BCUT2D eigenvalue weighted by Gasteiger charge is 2.31. The Morgan fingerprint density at radius 2 is 1.95 bits per heavy atom. The first-order chi connectivity index (χ1) is 9.85. The Kier molecular flexibility index (Phi) is 5.43. The molecule has 2 aliphatic heterocycles. The van der Waals surface area contributed by atoms with Crippen LogP contribution in [0.1, 0.15) is 40.0 Å². The molecule has 0 aromatic rings. The van der Waals surface area contributed by atoms with Gasteiger partial charge >= 0.3 is 6.09 Å². The van der Waals surface area contributed by atoms with Gasteiger partial charge in [-0.3, -0.25) is 0 Å². The summed E-state index contributed by atoms with van der Waals surface area (Å²) in [6.07, 6.45) is 1.21. The molecule has 1 amide bonds. The van der Waals surface area contributed by atoms with E-state index < -0.39 is 11.8 Å². The third-order valence-corrected chi connectivity index (χ3v) is 3.88. The molecule has 2 heterocycles. The monoisotopic (exact) mass is 302 g/mol. The number of halogens is 1. The molecule has 0 aromatic carbocycles. The third kappa shape index (κ3) is 5.11. The standard InChI is InChI=1S/C15H27FN2O3/c1-15(2,3)21-14(19)18-7-4-11(5-8-18)17-13-6-9-20-10-12(13)16/h11-13,17H,4-10H2,1-3H3/t12-,13+/m1/s1. The van der Waals surface area contributed by atoms with Gasteiger partial charge in [-0.2, -0.15) is 0 Å². The number of nitrogens with one attached hydrogen (secondary N) is 1. The van der Waals surface area contributed by atoms with Crippen LogP contribution in [0.3, 0.4) is 0 Å². The third-order valence-electron chi connectivity index (χ3n) is 3.88. The highest BCUT2D eigenvalue weighted by atomic mass is 19.1. The van der Waals surface area contributed by atoms with Crippen LogP contribution in [-0.4, -0.2) is 61.2 Å². The Morgan fingerprint density at radius 3 is 2.52 bits per heavy atom. The van der Waals surface area contributed by atoms with Gasteiger partial charge in [0.15, 0.2) is 0 Å². The van der Waals surface area contributed by atoms with Gasteiger partial charge < -0.3 is 19.7 Å². The highest BCUT2D eigenvalue weighted by molar-refractivity contribution is 5.68. The minimum absolute atomic E-state index is 0.114. The fourth-order valence-electron chi connectivity index (χ4n) is 2.75. The van der Waals surface area contributed by atoms with E-state index in [-0.39, 0.29) is 24.8 Å². The first-order valence-corrected chi connectivity index (χ1v) is 7.81. The molecule has 2 aliphatic rings. The van der Waals surface area contributed by atoms with E-state index in [1.54, 1.807) is 4.90 Å². The number of carbonyl (C=O) groups excluding carboxylic acids is 1.